The van der Waals surface area contributed by atoms with Crippen LogP contribution in [0.3, 0.4) is 0 Å². The summed E-state index contributed by atoms with van der Waals surface area (Å²) >= 11 is 0. The summed E-state index contributed by atoms with van der Waals surface area (Å²) in [5.41, 5.74) is -0.215. The lowest BCUT2D eigenvalue weighted by Gasteiger charge is -2.38. The van der Waals surface area contributed by atoms with Gasteiger partial charge >= 0.3 is 11.9 Å². The Bertz CT molecular complexity index is 692. The smallest absolute Gasteiger partial charge is 0.335 e. The SMILES string of the molecule is CCCC(O)(C(C)O)C(CC)CC.O=C(O)c1ccccc1.O=C(O)c1ccccc1. The third kappa shape index (κ3) is 10.2. The Morgan fingerprint density at radius 2 is 1.16 bits per heavy atom. The molecule has 31 heavy (non-hydrogen) atoms. The fourth-order valence-electron chi connectivity index (χ4n) is 3.31. The molecule has 172 valence electrons. The Kier molecular flexibility index (Phi) is 13.8. The van der Waals surface area contributed by atoms with Crippen molar-refractivity contribution in [3.05, 3.63) is 71.8 Å². The van der Waals surface area contributed by atoms with E-state index in [-0.39, 0.29) is 5.92 Å². The number of benzene rings is 2. The summed E-state index contributed by atoms with van der Waals surface area (Å²) in [5.74, 6) is -1.54. The molecule has 0 amide bonds. The van der Waals surface area contributed by atoms with E-state index >= 15 is 0 Å². The predicted octanol–water partition coefficient (Wildman–Crippen LogP) is 5.10. The minimum atomic E-state index is -0.879. The van der Waals surface area contributed by atoms with Crippen LogP contribution < -0.4 is 0 Å². The summed E-state index contributed by atoms with van der Waals surface area (Å²) in [5, 5.41) is 36.7. The highest BCUT2D eigenvalue weighted by molar-refractivity contribution is 5.87. The van der Waals surface area contributed by atoms with Gasteiger partial charge in [0.25, 0.3) is 0 Å². The molecule has 0 fully saturated rings. The third-order valence-corrected chi connectivity index (χ3v) is 5.11. The number of rotatable bonds is 8. The molecule has 6 heteroatoms. The maximum absolute atomic E-state index is 10.3. The largest absolute Gasteiger partial charge is 0.478 e. The molecule has 0 aliphatic heterocycles. The monoisotopic (exact) mass is 432 g/mol. The first kappa shape index (κ1) is 28.3. The fraction of sp³-hybridized carbons (Fsp3) is 0.440. The zero-order chi connectivity index (χ0) is 23.9. The number of hydrogen-bond donors (Lipinski definition) is 4. The first-order valence-corrected chi connectivity index (χ1v) is 10.6. The van der Waals surface area contributed by atoms with Crippen molar-refractivity contribution in [1.29, 1.82) is 0 Å². The number of aliphatic hydroxyl groups excluding tert-OH is 1. The van der Waals surface area contributed by atoms with Gasteiger partial charge in [-0.3, -0.25) is 0 Å². The fourth-order valence-corrected chi connectivity index (χ4v) is 3.31. The molecular formula is C25H36O6. The molecule has 2 aromatic rings. The normalized spacial score (nSPS) is 13.0. The number of hydrogen-bond acceptors (Lipinski definition) is 4. The summed E-state index contributed by atoms with van der Waals surface area (Å²) in [6.07, 6.45) is 2.84. The van der Waals surface area contributed by atoms with E-state index in [0.29, 0.717) is 17.5 Å². The molecule has 0 heterocycles. The van der Waals surface area contributed by atoms with Gasteiger partial charge in [-0.15, -0.1) is 0 Å². The molecule has 6 nitrogen and oxygen atoms in total. The quantitative estimate of drug-likeness (QED) is 0.461. The minimum absolute atomic E-state index is 0.215. The zero-order valence-electron chi connectivity index (χ0n) is 18.9. The molecule has 0 bridgehead atoms. The van der Waals surface area contributed by atoms with E-state index in [1.165, 1.54) is 0 Å². The Morgan fingerprint density at radius 1 is 0.806 bits per heavy atom. The molecule has 2 rings (SSSR count). The van der Waals surface area contributed by atoms with Crippen molar-refractivity contribution in [3.8, 4) is 0 Å². The topological polar surface area (TPSA) is 115 Å². The molecule has 4 N–H and O–H groups in total. The van der Waals surface area contributed by atoms with Gasteiger partial charge < -0.3 is 20.4 Å². The van der Waals surface area contributed by atoms with Crippen molar-refractivity contribution < 1.29 is 30.0 Å². The van der Waals surface area contributed by atoms with E-state index in [1.54, 1.807) is 67.6 Å². The van der Waals surface area contributed by atoms with Crippen LogP contribution in [0.1, 0.15) is 74.1 Å². The summed E-state index contributed by atoms with van der Waals surface area (Å²) < 4.78 is 0. The van der Waals surface area contributed by atoms with Gasteiger partial charge in [0.15, 0.2) is 0 Å². The summed E-state index contributed by atoms with van der Waals surface area (Å²) in [7, 11) is 0. The Hall–Kier alpha value is -2.70. The molecule has 0 saturated heterocycles. The minimum Gasteiger partial charge on any atom is -0.478 e. The molecule has 2 aromatic carbocycles. The van der Waals surface area contributed by atoms with Gasteiger partial charge in [0.1, 0.15) is 0 Å². The first-order chi connectivity index (χ1) is 14.6. The number of carboxylic acid groups (broad SMARTS) is 2. The van der Waals surface area contributed by atoms with Gasteiger partial charge in [0.05, 0.1) is 22.8 Å². The van der Waals surface area contributed by atoms with Gasteiger partial charge in [-0.05, 0) is 43.5 Å². The zero-order valence-corrected chi connectivity index (χ0v) is 18.9. The maximum Gasteiger partial charge on any atom is 0.335 e. The molecule has 0 radical (unpaired) electrons. The molecule has 0 aliphatic rings. The number of carbonyl (C=O) groups is 2. The van der Waals surface area contributed by atoms with Gasteiger partial charge in [0, 0.05) is 0 Å². The van der Waals surface area contributed by atoms with Crippen LogP contribution >= 0.6 is 0 Å². The van der Waals surface area contributed by atoms with Crippen LogP contribution in [0, 0.1) is 5.92 Å². The van der Waals surface area contributed by atoms with E-state index in [4.69, 9.17) is 10.2 Å². The van der Waals surface area contributed by atoms with Crippen molar-refractivity contribution in [2.75, 3.05) is 0 Å². The highest BCUT2D eigenvalue weighted by atomic mass is 16.4. The lowest BCUT2D eigenvalue weighted by atomic mass is 9.77. The molecule has 0 aliphatic carbocycles. The molecule has 0 saturated carbocycles. The molecular weight excluding hydrogens is 396 g/mol. The van der Waals surface area contributed by atoms with Gasteiger partial charge in [-0.2, -0.15) is 0 Å². The summed E-state index contributed by atoms with van der Waals surface area (Å²) in [4.78, 5) is 20.4. The highest BCUT2D eigenvalue weighted by Crippen LogP contribution is 2.31. The Morgan fingerprint density at radius 3 is 1.35 bits per heavy atom. The van der Waals surface area contributed by atoms with Crippen LogP contribution in [-0.4, -0.2) is 44.1 Å². The lowest BCUT2D eigenvalue weighted by molar-refractivity contribution is -0.114. The number of aromatic carboxylic acids is 2. The van der Waals surface area contributed by atoms with Crippen LogP contribution in [0.2, 0.25) is 0 Å². The summed E-state index contributed by atoms with van der Waals surface area (Å²) in [6, 6.07) is 16.6. The average Bonchev–Trinajstić information content (AvgIpc) is 2.76. The van der Waals surface area contributed by atoms with E-state index in [1.807, 2.05) is 6.92 Å². The number of aliphatic hydroxyl groups is 2. The van der Waals surface area contributed by atoms with Crippen LogP contribution in [-0.2, 0) is 0 Å². The molecule has 2 atom stereocenters. The van der Waals surface area contributed by atoms with Crippen LogP contribution in [0.5, 0.6) is 0 Å². The second-order valence-corrected chi connectivity index (χ2v) is 7.27. The lowest BCUT2D eigenvalue weighted by Crippen LogP contribution is -2.47. The van der Waals surface area contributed by atoms with Crippen LogP contribution in [0.15, 0.2) is 60.7 Å². The van der Waals surface area contributed by atoms with Crippen LogP contribution in [0.25, 0.3) is 0 Å². The molecule has 0 aromatic heterocycles. The van der Waals surface area contributed by atoms with Gasteiger partial charge in [-0.25, -0.2) is 9.59 Å². The van der Waals surface area contributed by atoms with Crippen molar-refractivity contribution >= 4 is 11.9 Å². The predicted molar refractivity (Wildman–Crippen MR) is 122 cm³/mol. The standard InChI is InChI=1S/C11H24O2.2C7H6O2/c1-5-8-11(13,9(4)12)10(6-2)7-3;2*8-7(9)6-4-2-1-3-5-6/h9-10,12-13H,5-8H2,1-4H3;2*1-5H,(H,8,9). The van der Waals surface area contributed by atoms with E-state index < -0.39 is 23.6 Å². The third-order valence-electron chi connectivity index (χ3n) is 5.11. The molecule has 2 unspecified atom stereocenters. The average molecular weight is 433 g/mol. The van der Waals surface area contributed by atoms with E-state index in [0.717, 1.165) is 19.3 Å². The van der Waals surface area contributed by atoms with Gasteiger partial charge in [-0.1, -0.05) is 76.4 Å². The molecule has 0 spiro atoms. The number of carboxylic acids is 2. The van der Waals surface area contributed by atoms with Crippen molar-refractivity contribution in [2.45, 2.75) is 65.1 Å². The van der Waals surface area contributed by atoms with Crippen molar-refractivity contribution in [3.63, 3.8) is 0 Å². The maximum atomic E-state index is 10.3. The second-order valence-electron chi connectivity index (χ2n) is 7.27. The Balaban J connectivity index is 0.000000445. The van der Waals surface area contributed by atoms with E-state index in [9.17, 15) is 19.8 Å². The van der Waals surface area contributed by atoms with Crippen molar-refractivity contribution in [1.82, 2.24) is 0 Å². The van der Waals surface area contributed by atoms with Crippen LogP contribution in [0.4, 0.5) is 0 Å². The summed E-state index contributed by atoms with van der Waals surface area (Å²) in [6.45, 7) is 7.86. The highest BCUT2D eigenvalue weighted by Gasteiger charge is 2.38. The first-order valence-electron chi connectivity index (χ1n) is 10.6. The van der Waals surface area contributed by atoms with E-state index in [2.05, 4.69) is 13.8 Å². The van der Waals surface area contributed by atoms with Gasteiger partial charge in [0.2, 0.25) is 0 Å². The second kappa shape index (κ2) is 15.2. The Labute approximate surface area is 185 Å². The van der Waals surface area contributed by atoms with Crippen molar-refractivity contribution in [2.24, 2.45) is 5.92 Å².